The summed E-state index contributed by atoms with van der Waals surface area (Å²) in [6, 6.07) is 7.31. The predicted octanol–water partition coefficient (Wildman–Crippen LogP) is 2.53. The smallest absolute Gasteiger partial charge is 0.267 e. The van der Waals surface area contributed by atoms with Gasteiger partial charge in [0.25, 0.3) is 5.91 Å². The second-order valence-corrected chi connectivity index (χ2v) is 5.88. The summed E-state index contributed by atoms with van der Waals surface area (Å²) in [6.07, 6.45) is 0.484. The van der Waals surface area contributed by atoms with Crippen molar-refractivity contribution in [1.29, 1.82) is 0 Å². The summed E-state index contributed by atoms with van der Waals surface area (Å²) in [6.45, 7) is 4.94. The lowest BCUT2D eigenvalue weighted by molar-refractivity contribution is -0.116. The standard InChI is InChI=1S/C17H23N3O3/c1-11(2)8-16(21)19-13-4-5-14-12(9-13)10-15(20-14)17(22)18-6-7-23-3/h4-5,9-11,20H,6-8H2,1-3H3,(H,18,22)(H,19,21). The van der Waals surface area contributed by atoms with E-state index in [2.05, 4.69) is 15.6 Å². The Bertz CT molecular complexity index is 691. The second-order valence-electron chi connectivity index (χ2n) is 5.88. The highest BCUT2D eigenvalue weighted by Gasteiger charge is 2.10. The van der Waals surface area contributed by atoms with Crippen molar-refractivity contribution in [3.8, 4) is 0 Å². The summed E-state index contributed by atoms with van der Waals surface area (Å²) < 4.78 is 4.90. The molecule has 0 atom stereocenters. The van der Waals surface area contributed by atoms with Crippen LogP contribution in [0.2, 0.25) is 0 Å². The van der Waals surface area contributed by atoms with E-state index in [1.54, 1.807) is 13.2 Å². The van der Waals surface area contributed by atoms with Crippen LogP contribution in [0.15, 0.2) is 24.3 Å². The third-order valence-corrected chi connectivity index (χ3v) is 3.33. The molecule has 6 heteroatoms. The van der Waals surface area contributed by atoms with Gasteiger partial charge in [-0.2, -0.15) is 0 Å². The number of nitrogens with one attached hydrogen (secondary N) is 3. The molecule has 0 radical (unpaired) electrons. The van der Waals surface area contributed by atoms with Gasteiger partial charge in [-0.1, -0.05) is 13.8 Å². The zero-order chi connectivity index (χ0) is 16.8. The number of methoxy groups -OCH3 is 1. The molecule has 124 valence electrons. The molecular weight excluding hydrogens is 294 g/mol. The van der Waals surface area contributed by atoms with Crippen molar-refractivity contribution in [1.82, 2.24) is 10.3 Å². The molecular formula is C17H23N3O3. The molecule has 3 N–H and O–H groups in total. The monoisotopic (exact) mass is 317 g/mol. The Labute approximate surface area is 135 Å². The van der Waals surface area contributed by atoms with Crippen LogP contribution in [-0.2, 0) is 9.53 Å². The van der Waals surface area contributed by atoms with Gasteiger partial charge in [0.2, 0.25) is 5.91 Å². The fourth-order valence-corrected chi connectivity index (χ4v) is 2.28. The first-order valence-electron chi connectivity index (χ1n) is 7.69. The molecule has 0 aliphatic heterocycles. The van der Waals surface area contributed by atoms with Crippen molar-refractivity contribution >= 4 is 28.4 Å². The highest BCUT2D eigenvalue weighted by Crippen LogP contribution is 2.20. The summed E-state index contributed by atoms with van der Waals surface area (Å²) in [5.74, 6) is 0.129. The van der Waals surface area contributed by atoms with Gasteiger partial charge in [-0.15, -0.1) is 0 Å². The molecule has 0 aliphatic rings. The van der Waals surface area contributed by atoms with Gasteiger partial charge in [0, 0.05) is 36.7 Å². The number of hydrogen-bond donors (Lipinski definition) is 3. The van der Waals surface area contributed by atoms with Crippen LogP contribution in [0.5, 0.6) is 0 Å². The van der Waals surface area contributed by atoms with Gasteiger partial charge < -0.3 is 20.4 Å². The molecule has 6 nitrogen and oxygen atoms in total. The van der Waals surface area contributed by atoms with E-state index in [1.807, 2.05) is 32.0 Å². The van der Waals surface area contributed by atoms with Crippen LogP contribution in [-0.4, -0.2) is 37.1 Å². The number of benzene rings is 1. The van der Waals surface area contributed by atoms with E-state index in [-0.39, 0.29) is 11.8 Å². The summed E-state index contributed by atoms with van der Waals surface area (Å²) in [5, 5.41) is 6.52. The molecule has 2 rings (SSSR count). The SMILES string of the molecule is COCCNC(=O)c1cc2cc(NC(=O)CC(C)C)ccc2[nH]1. The average molecular weight is 317 g/mol. The lowest BCUT2D eigenvalue weighted by atomic mass is 10.1. The Morgan fingerprint density at radius 2 is 2.04 bits per heavy atom. The Balaban J connectivity index is 2.08. The molecule has 2 aromatic rings. The highest BCUT2D eigenvalue weighted by molar-refractivity contribution is 5.99. The quantitative estimate of drug-likeness (QED) is 0.686. The second kappa shape index (κ2) is 7.78. The molecule has 1 aromatic carbocycles. The maximum atomic E-state index is 12.0. The summed E-state index contributed by atoms with van der Waals surface area (Å²) in [7, 11) is 1.59. The van der Waals surface area contributed by atoms with Crippen molar-refractivity contribution in [3.05, 3.63) is 30.0 Å². The summed E-state index contributed by atoms with van der Waals surface area (Å²) in [5.41, 5.74) is 2.07. The molecule has 0 bridgehead atoms. The van der Waals surface area contributed by atoms with E-state index in [9.17, 15) is 9.59 Å². The summed E-state index contributed by atoms with van der Waals surface area (Å²) >= 11 is 0. The van der Waals surface area contributed by atoms with E-state index in [0.717, 1.165) is 16.6 Å². The number of carbonyl (C=O) groups excluding carboxylic acids is 2. The van der Waals surface area contributed by atoms with Gasteiger partial charge in [0.1, 0.15) is 5.69 Å². The van der Waals surface area contributed by atoms with Crippen LogP contribution in [0.25, 0.3) is 10.9 Å². The first-order valence-corrected chi connectivity index (χ1v) is 7.69. The zero-order valence-corrected chi connectivity index (χ0v) is 13.7. The number of aromatic nitrogens is 1. The number of fused-ring (bicyclic) bond motifs is 1. The normalized spacial score (nSPS) is 11.0. The minimum Gasteiger partial charge on any atom is -0.383 e. The molecule has 1 aromatic heterocycles. The van der Waals surface area contributed by atoms with E-state index in [4.69, 9.17) is 4.74 Å². The van der Waals surface area contributed by atoms with Crippen molar-refractivity contribution in [2.45, 2.75) is 20.3 Å². The Kier molecular flexibility index (Phi) is 5.76. The number of anilines is 1. The van der Waals surface area contributed by atoms with Crippen molar-refractivity contribution in [3.63, 3.8) is 0 Å². The number of H-pyrrole nitrogens is 1. The van der Waals surface area contributed by atoms with Crippen LogP contribution >= 0.6 is 0 Å². The van der Waals surface area contributed by atoms with Crippen LogP contribution in [0, 0.1) is 5.92 Å². The van der Waals surface area contributed by atoms with E-state index in [0.29, 0.717) is 31.2 Å². The zero-order valence-electron chi connectivity index (χ0n) is 13.7. The molecule has 0 spiro atoms. The van der Waals surface area contributed by atoms with Crippen molar-refractivity contribution in [2.24, 2.45) is 5.92 Å². The number of aromatic amines is 1. The molecule has 0 fully saturated rings. The lowest BCUT2D eigenvalue weighted by Crippen LogP contribution is -2.27. The topological polar surface area (TPSA) is 83.2 Å². The van der Waals surface area contributed by atoms with Gasteiger partial charge in [0.05, 0.1) is 6.61 Å². The Hall–Kier alpha value is -2.34. The van der Waals surface area contributed by atoms with E-state index in [1.165, 1.54) is 0 Å². The first kappa shape index (κ1) is 17.0. The maximum absolute atomic E-state index is 12.0. The van der Waals surface area contributed by atoms with Gasteiger partial charge in [-0.25, -0.2) is 0 Å². The predicted molar refractivity (Wildman–Crippen MR) is 90.6 cm³/mol. The average Bonchev–Trinajstić information content (AvgIpc) is 2.89. The molecule has 0 saturated carbocycles. The molecule has 0 aliphatic carbocycles. The number of hydrogen-bond acceptors (Lipinski definition) is 3. The van der Waals surface area contributed by atoms with E-state index < -0.39 is 0 Å². The highest BCUT2D eigenvalue weighted by atomic mass is 16.5. The van der Waals surface area contributed by atoms with E-state index >= 15 is 0 Å². The van der Waals surface area contributed by atoms with Gasteiger partial charge in [0.15, 0.2) is 0 Å². The number of carbonyl (C=O) groups is 2. The molecule has 0 unspecified atom stereocenters. The Morgan fingerprint density at radius 3 is 2.74 bits per heavy atom. The molecule has 1 heterocycles. The third-order valence-electron chi connectivity index (χ3n) is 3.33. The van der Waals surface area contributed by atoms with Crippen molar-refractivity contribution in [2.75, 3.05) is 25.6 Å². The fraction of sp³-hybridized carbons (Fsp3) is 0.412. The van der Waals surface area contributed by atoms with Gasteiger partial charge in [-0.3, -0.25) is 9.59 Å². The molecule has 0 saturated heterocycles. The largest absolute Gasteiger partial charge is 0.383 e. The van der Waals surface area contributed by atoms with Crippen LogP contribution in [0.4, 0.5) is 5.69 Å². The number of amides is 2. The van der Waals surface area contributed by atoms with Gasteiger partial charge in [-0.05, 0) is 30.2 Å². The number of ether oxygens (including phenoxy) is 1. The van der Waals surface area contributed by atoms with Gasteiger partial charge >= 0.3 is 0 Å². The minimum atomic E-state index is -0.177. The third kappa shape index (κ3) is 4.82. The van der Waals surface area contributed by atoms with Crippen LogP contribution in [0.1, 0.15) is 30.8 Å². The number of rotatable bonds is 7. The fourth-order valence-electron chi connectivity index (χ4n) is 2.28. The van der Waals surface area contributed by atoms with Crippen LogP contribution < -0.4 is 10.6 Å². The maximum Gasteiger partial charge on any atom is 0.267 e. The Morgan fingerprint density at radius 1 is 1.26 bits per heavy atom. The summed E-state index contributed by atoms with van der Waals surface area (Å²) in [4.78, 5) is 26.9. The first-order chi connectivity index (χ1) is 11.0. The lowest BCUT2D eigenvalue weighted by Gasteiger charge is -2.07. The minimum absolute atomic E-state index is 0.00702. The van der Waals surface area contributed by atoms with Crippen molar-refractivity contribution < 1.29 is 14.3 Å². The molecule has 2 amide bonds. The molecule has 23 heavy (non-hydrogen) atoms. The van der Waals surface area contributed by atoms with Crippen LogP contribution in [0.3, 0.4) is 0 Å².